The SMILES string of the molecule is [O-][N+]1(c2ccc(C3CNC(c4ccccc4)NC3)cc2)c2ccc(-c3ccc(N(c4ccccc4)c4ccccc4)cc3)cc2-c2cc(-c3ccc(N(c4ccccc4)c4ccccc4)cc3)ccc21. The molecule has 0 unspecified atom stereocenters. The number of nitrogens with one attached hydrogen (secondary N) is 2. The summed E-state index contributed by atoms with van der Waals surface area (Å²) in [5, 5.41) is 23.4. The molecule has 0 saturated carbocycles. The van der Waals surface area contributed by atoms with Crippen LogP contribution >= 0.6 is 0 Å². The van der Waals surface area contributed by atoms with Gasteiger partial charge in [0.25, 0.3) is 0 Å². The third-order valence-electron chi connectivity index (χ3n) is 13.9. The van der Waals surface area contributed by atoms with E-state index in [1.165, 1.54) is 11.1 Å². The first kappa shape index (κ1) is 43.0. The molecule has 2 aliphatic rings. The monoisotopic (exact) mass is 905 g/mol. The summed E-state index contributed by atoms with van der Waals surface area (Å²) in [6.07, 6.45) is 0.118. The lowest BCUT2D eigenvalue weighted by Crippen LogP contribution is -2.45. The van der Waals surface area contributed by atoms with Gasteiger partial charge in [0.15, 0.2) is 11.4 Å². The topological polar surface area (TPSA) is 53.6 Å². The second-order valence-electron chi connectivity index (χ2n) is 18.1. The van der Waals surface area contributed by atoms with Gasteiger partial charge in [0.2, 0.25) is 0 Å². The fraction of sp³-hybridized carbons (Fsp3) is 0.0625. The lowest BCUT2D eigenvalue weighted by atomic mass is 9.95. The van der Waals surface area contributed by atoms with E-state index >= 15 is 5.21 Å². The fourth-order valence-electron chi connectivity index (χ4n) is 10.4. The molecule has 0 aliphatic carbocycles. The summed E-state index contributed by atoms with van der Waals surface area (Å²) in [7, 11) is 0. The minimum Gasteiger partial charge on any atom is -0.616 e. The average molecular weight is 906 g/mol. The Morgan fingerprint density at radius 2 is 0.686 bits per heavy atom. The maximum Gasteiger partial charge on any atom is 0.151 e. The molecule has 2 N–H and O–H groups in total. The predicted octanol–water partition coefficient (Wildman–Crippen LogP) is 16.4. The molecular weight excluding hydrogens is 855 g/mol. The summed E-state index contributed by atoms with van der Waals surface area (Å²) in [6.45, 7) is 1.69. The highest BCUT2D eigenvalue weighted by atomic mass is 16.5. The van der Waals surface area contributed by atoms with Gasteiger partial charge in [-0.15, -0.1) is 0 Å². The average Bonchev–Trinajstić information content (AvgIpc) is 3.70. The van der Waals surface area contributed by atoms with E-state index in [2.05, 4.69) is 239 Å². The molecule has 70 heavy (non-hydrogen) atoms. The van der Waals surface area contributed by atoms with E-state index in [-0.39, 0.29) is 12.1 Å². The van der Waals surface area contributed by atoms with Gasteiger partial charge in [-0.2, -0.15) is 0 Å². The van der Waals surface area contributed by atoms with Crippen molar-refractivity contribution in [2.45, 2.75) is 12.1 Å². The Kier molecular flexibility index (Phi) is 11.4. The molecule has 2 aliphatic heterocycles. The molecule has 6 nitrogen and oxygen atoms in total. The Bertz CT molecular complexity index is 3110. The molecule has 12 rings (SSSR count). The lowest BCUT2D eigenvalue weighted by Gasteiger charge is -2.39. The fourth-order valence-corrected chi connectivity index (χ4v) is 10.4. The molecular formula is C64H51N5O. The van der Waals surface area contributed by atoms with Crippen LogP contribution in [0.25, 0.3) is 33.4 Å². The Morgan fingerprint density at radius 1 is 0.343 bits per heavy atom. The van der Waals surface area contributed by atoms with Gasteiger partial charge in [0.1, 0.15) is 5.69 Å². The van der Waals surface area contributed by atoms with Crippen molar-refractivity contribution in [2.75, 3.05) is 22.9 Å². The molecule has 10 aromatic rings. The Hall–Kier alpha value is -8.36. The number of fused-ring (bicyclic) bond motifs is 3. The third kappa shape index (κ3) is 8.05. The van der Waals surface area contributed by atoms with E-state index < -0.39 is 4.65 Å². The normalized spacial score (nSPS) is 15.7. The van der Waals surface area contributed by atoms with Crippen LogP contribution in [0, 0.1) is 5.21 Å². The first-order valence-electron chi connectivity index (χ1n) is 24.1. The standard InChI is InChI=1S/C64H51N5O/c70-69(59-38-30-48(31-39-59)52-44-65-64(66-45-52)49-16-6-1-7-17-49)62-40-32-50(46-26-34-57(35-27-46)67(53-18-8-2-9-19-53)54-20-10-3-11-21-54)42-60(62)61-43-51(33-41-63(61)69)47-28-36-58(37-29-47)68(55-22-12-4-13-23-55)56-24-14-5-15-25-56/h1-43,52,64-66H,44-45H2. The van der Waals surface area contributed by atoms with Crippen molar-refractivity contribution in [1.29, 1.82) is 0 Å². The molecule has 1 fully saturated rings. The van der Waals surface area contributed by atoms with Crippen LogP contribution in [0.5, 0.6) is 0 Å². The van der Waals surface area contributed by atoms with Crippen molar-refractivity contribution < 1.29 is 0 Å². The number of nitrogens with zero attached hydrogens (tertiary/aromatic N) is 3. The van der Waals surface area contributed by atoms with Crippen LogP contribution in [0.1, 0.15) is 23.2 Å². The molecule has 0 aromatic heterocycles. The van der Waals surface area contributed by atoms with E-state index in [1.54, 1.807) is 0 Å². The Balaban J connectivity index is 0.902. The highest BCUT2D eigenvalue weighted by molar-refractivity contribution is 6.01. The van der Waals surface area contributed by atoms with Crippen molar-refractivity contribution in [3.05, 3.63) is 277 Å². The molecule has 10 aromatic carbocycles. The second-order valence-corrected chi connectivity index (χ2v) is 18.1. The van der Waals surface area contributed by atoms with E-state index in [1.807, 2.05) is 42.5 Å². The number of para-hydroxylation sites is 4. The summed E-state index contributed by atoms with van der Waals surface area (Å²) in [6, 6.07) is 91.0. The van der Waals surface area contributed by atoms with Crippen molar-refractivity contribution >= 4 is 51.2 Å². The number of quaternary nitrogens is 1. The molecule has 0 amide bonds. The summed E-state index contributed by atoms with van der Waals surface area (Å²) < 4.78 is -0.674. The lowest BCUT2D eigenvalue weighted by molar-refractivity contribution is 0.348. The molecule has 0 spiro atoms. The summed E-state index contributed by atoms with van der Waals surface area (Å²) >= 11 is 0. The largest absolute Gasteiger partial charge is 0.616 e. The molecule has 2 heterocycles. The summed E-state index contributed by atoms with van der Waals surface area (Å²) in [5.41, 5.74) is 17.2. The van der Waals surface area contributed by atoms with Crippen LogP contribution < -0.4 is 25.1 Å². The van der Waals surface area contributed by atoms with Gasteiger partial charge < -0.3 is 15.0 Å². The molecule has 1 saturated heterocycles. The maximum atomic E-state index is 16.0. The van der Waals surface area contributed by atoms with E-state index in [9.17, 15) is 0 Å². The molecule has 6 heteroatoms. The van der Waals surface area contributed by atoms with Crippen molar-refractivity contribution in [3.63, 3.8) is 0 Å². The van der Waals surface area contributed by atoms with Gasteiger partial charge in [-0.3, -0.25) is 15.3 Å². The zero-order valence-corrected chi connectivity index (χ0v) is 38.6. The second kappa shape index (κ2) is 18.6. The van der Waals surface area contributed by atoms with Crippen LogP contribution in [0.3, 0.4) is 0 Å². The first-order chi connectivity index (χ1) is 34.6. The van der Waals surface area contributed by atoms with Gasteiger partial charge in [-0.25, -0.2) is 0 Å². The Morgan fingerprint density at radius 3 is 1.07 bits per heavy atom. The van der Waals surface area contributed by atoms with Gasteiger partial charge in [-0.05, 0) is 130 Å². The number of anilines is 6. The smallest absolute Gasteiger partial charge is 0.151 e. The maximum absolute atomic E-state index is 16.0. The molecule has 0 atom stereocenters. The molecule has 0 bridgehead atoms. The van der Waals surface area contributed by atoms with Crippen LogP contribution in [0.4, 0.5) is 51.2 Å². The van der Waals surface area contributed by atoms with Crippen LogP contribution in [0.15, 0.2) is 261 Å². The number of benzene rings is 10. The van der Waals surface area contributed by atoms with Crippen LogP contribution in [-0.2, 0) is 0 Å². The predicted molar refractivity (Wildman–Crippen MR) is 291 cm³/mol. The van der Waals surface area contributed by atoms with Gasteiger partial charge in [0, 0.05) is 77.4 Å². The van der Waals surface area contributed by atoms with E-state index in [4.69, 9.17) is 0 Å². The first-order valence-corrected chi connectivity index (χ1v) is 24.1. The van der Waals surface area contributed by atoms with Gasteiger partial charge in [0.05, 0.1) is 17.3 Å². The zero-order valence-electron chi connectivity index (χ0n) is 38.6. The summed E-state index contributed by atoms with van der Waals surface area (Å²) in [5.74, 6) is 0.273. The highest BCUT2D eigenvalue weighted by Crippen LogP contribution is 2.58. The van der Waals surface area contributed by atoms with Crippen molar-refractivity contribution in [2.24, 2.45) is 0 Å². The molecule has 0 radical (unpaired) electrons. The number of hydrogen-bond acceptors (Lipinski definition) is 5. The quantitative estimate of drug-likeness (QED) is 0.100. The van der Waals surface area contributed by atoms with Crippen LogP contribution in [0.2, 0.25) is 0 Å². The Labute approximate surface area is 410 Å². The van der Waals surface area contributed by atoms with E-state index in [0.29, 0.717) is 17.1 Å². The van der Waals surface area contributed by atoms with Crippen molar-refractivity contribution in [1.82, 2.24) is 15.3 Å². The third-order valence-corrected chi connectivity index (χ3v) is 13.9. The number of hydrogen-bond donors (Lipinski definition) is 2. The number of rotatable bonds is 11. The minimum atomic E-state index is -0.674. The van der Waals surface area contributed by atoms with E-state index in [0.717, 1.165) is 80.6 Å². The highest BCUT2D eigenvalue weighted by Gasteiger charge is 2.40. The molecule has 338 valence electrons. The van der Waals surface area contributed by atoms with Gasteiger partial charge in [-0.1, -0.05) is 140 Å². The van der Waals surface area contributed by atoms with Crippen molar-refractivity contribution in [3.8, 4) is 33.4 Å². The van der Waals surface area contributed by atoms with Crippen LogP contribution in [-0.4, -0.2) is 13.1 Å². The van der Waals surface area contributed by atoms with Gasteiger partial charge >= 0.3 is 0 Å². The zero-order chi connectivity index (χ0) is 46.9. The summed E-state index contributed by atoms with van der Waals surface area (Å²) in [4.78, 5) is 4.55. The minimum absolute atomic E-state index is 0.118.